The third-order valence-electron chi connectivity index (χ3n) is 9.14. The Labute approximate surface area is 258 Å². The maximum Gasteiger partial charge on any atom is 0.416 e. The zero-order chi connectivity index (χ0) is 30.4. The summed E-state index contributed by atoms with van der Waals surface area (Å²) < 4.78 is 58.7. The minimum atomic E-state index is -4.40. The molecule has 0 aromatic heterocycles. The van der Waals surface area contributed by atoms with Crippen molar-refractivity contribution in [2.45, 2.75) is 77.3 Å². The molecular weight excluding hydrogens is 573 g/mol. The van der Waals surface area contributed by atoms with Crippen molar-refractivity contribution in [3.05, 3.63) is 87.0 Å². The topological polar surface area (TPSA) is 27.7 Å². The predicted octanol–water partition coefficient (Wildman–Crippen LogP) is 10.4. The number of fused-ring (bicyclic) bond motifs is 1. The standard InChI is InChI=1S/C36H42ClF3O3/c1-24-8-9-28(36(38,39)40)23-32(24)30(7-3-5-26-14-19-41-20-15-26)29-10-11-31-34(13-12-33(37)35(31)25(29)2)43-18-4-6-27-16-21-42-22-17-27/h6,8-13,23,26,30H,3-5,7,14-22H2,1-2H3. The van der Waals surface area contributed by atoms with Gasteiger partial charge in [-0.2, -0.15) is 13.2 Å². The van der Waals surface area contributed by atoms with Crippen LogP contribution in [0.5, 0.6) is 5.75 Å². The Bertz CT molecular complexity index is 1420. The maximum atomic E-state index is 13.8. The average molecular weight is 615 g/mol. The highest BCUT2D eigenvalue weighted by atomic mass is 35.5. The number of ether oxygens (including phenoxy) is 3. The predicted molar refractivity (Wildman–Crippen MR) is 167 cm³/mol. The summed E-state index contributed by atoms with van der Waals surface area (Å²) in [6, 6.07) is 12.0. The quantitative estimate of drug-likeness (QED) is 0.168. The van der Waals surface area contributed by atoms with Gasteiger partial charge in [0.1, 0.15) is 5.75 Å². The Morgan fingerprint density at radius 2 is 1.70 bits per heavy atom. The van der Waals surface area contributed by atoms with Crippen molar-refractivity contribution in [2.75, 3.05) is 33.0 Å². The minimum Gasteiger partial charge on any atom is -0.493 e. The molecule has 0 spiro atoms. The molecule has 5 rings (SSSR count). The van der Waals surface area contributed by atoms with Gasteiger partial charge in [0.2, 0.25) is 0 Å². The summed E-state index contributed by atoms with van der Waals surface area (Å²) >= 11 is 6.80. The second kappa shape index (κ2) is 14.5. The monoisotopic (exact) mass is 614 g/mol. The van der Waals surface area contributed by atoms with Gasteiger partial charge in [-0.3, -0.25) is 0 Å². The van der Waals surface area contributed by atoms with Crippen molar-refractivity contribution >= 4 is 22.4 Å². The molecule has 232 valence electrons. The summed E-state index contributed by atoms with van der Waals surface area (Å²) in [6.07, 6.45) is 5.47. The molecule has 3 nitrogen and oxygen atoms in total. The van der Waals surface area contributed by atoms with Crippen LogP contribution in [0.2, 0.25) is 5.02 Å². The van der Waals surface area contributed by atoms with Crippen LogP contribution < -0.4 is 4.74 Å². The Hall–Kier alpha value is -2.54. The fraction of sp³-hybridized carbons (Fsp3) is 0.500. The number of alkyl halides is 3. The van der Waals surface area contributed by atoms with Gasteiger partial charge in [-0.1, -0.05) is 54.3 Å². The number of hydrogen-bond donors (Lipinski definition) is 0. The van der Waals surface area contributed by atoms with Crippen molar-refractivity contribution in [1.82, 2.24) is 0 Å². The van der Waals surface area contributed by atoms with Gasteiger partial charge in [0.05, 0.1) is 25.4 Å². The summed E-state index contributed by atoms with van der Waals surface area (Å²) in [4.78, 5) is 0. The van der Waals surface area contributed by atoms with E-state index in [-0.39, 0.29) is 5.92 Å². The molecule has 2 fully saturated rings. The summed E-state index contributed by atoms with van der Waals surface area (Å²) in [5.74, 6) is 1.19. The molecule has 2 aliphatic heterocycles. The van der Waals surface area contributed by atoms with Gasteiger partial charge in [0.25, 0.3) is 0 Å². The molecule has 0 saturated carbocycles. The Morgan fingerprint density at radius 1 is 0.953 bits per heavy atom. The number of aryl methyl sites for hydroxylation is 2. The van der Waals surface area contributed by atoms with Crippen LogP contribution >= 0.6 is 11.6 Å². The second-order valence-corrected chi connectivity index (χ2v) is 12.4. The lowest BCUT2D eigenvalue weighted by atomic mass is 9.80. The molecule has 3 aromatic carbocycles. The van der Waals surface area contributed by atoms with E-state index in [9.17, 15) is 13.2 Å². The van der Waals surface area contributed by atoms with E-state index in [0.29, 0.717) is 17.5 Å². The highest BCUT2D eigenvalue weighted by molar-refractivity contribution is 6.36. The van der Waals surface area contributed by atoms with E-state index < -0.39 is 11.7 Å². The number of benzene rings is 3. The van der Waals surface area contributed by atoms with Crippen LogP contribution in [-0.4, -0.2) is 33.0 Å². The van der Waals surface area contributed by atoms with Gasteiger partial charge in [-0.15, -0.1) is 0 Å². The summed E-state index contributed by atoms with van der Waals surface area (Å²) in [5, 5.41) is 2.44. The van der Waals surface area contributed by atoms with Crippen LogP contribution in [0.3, 0.4) is 0 Å². The van der Waals surface area contributed by atoms with Gasteiger partial charge >= 0.3 is 6.18 Å². The van der Waals surface area contributed by atoms with Crippen molar-refractivity contribution in [3.63, 3.8) is 0 Å². The largest absolute Gasteiger partial charge is 0.493 e. The first-order valence-corrected chi connectivity index (χ1v) is 16.0. The molecule has 2 saturated heterocycles. The van der Waals surface area contributed by atoms with E-state index in [4.69, 9.17) is 25.8 Å². The van der Waals surface area contributed by atoms with Crippen LogP contribution in [-0.2, 0) is 15.7 Å². The second-order valence-electron chi connectivity index (χ2n) is 12.0. The van der Waals surface area contributed by atoms with Gasteiger partial charge in [0, 0.05) is 34.9 Å². The molecule has 0 N–H and O–H groups in total. The zero-order valence-electron chi connectivity index (χ0n) is 25.2. The first kappa shape index (κ1) is 31.9. The Morgan fingerprint density at radius 3 is 2.44 bits per heavy atom. The third kappa shape index (κ3) is 7.95. The summed E-state index contributed by atoms with van der Waals surface area (Å²) in [7, 11) is 0. The fourth-order valence-corrected chi connectivity index (χ4v) is 6.96. The molecule has 0 bridgehead atoms. The van der Waals surface area contributed by atoms with Crippen LogP contribution in [0, 0.1) is 19.8 Å². The minimum absolute atomic E-state index is 0.182. The molecule has 0 aliphatic carbocycles. The molecule has 43 heavy (non-hydrogen) atoms. The molecule has 0 radical (unpaired) electrons. The van der Waals surface area contributed by atoms with Crippen molar-refractivity contribution in [3.8, 4) is 5.75 Å². The summed E-state index contributed by atoms with van der Waals surface area (Å²) in [6.45, 7) is 7.66. The molecule has 1 atom stereocenters. The molecular formula is C36H42ClF3O3. The normalized spacial score (nSPS) is 17.3. The van der Waals surface area contributed by atoms with Gasteiger partial charge in [-0.25, -0.2) is 0 Å². The number of halogens is 4. The maximum absolute atomic E-state index is 13.8. The zero-order valence-corrected chi connectivity index (χ0v) is 26.0. The average Bonchev–Trinajstić information content (AvgIpc) is 3.00. The Balaban J connectivity index is 1.45. The van der Waals surface area contributed by atoms with Crippen molar-refractivity contribution in [1.29, 1.82) is 0 Å². The van der Waals surface area contributed by atoms with E-state index >= 15 is 0 Å². The lowest BCUT2D eigenvalue weighted by Gasteiger charge is -2.26. The first-order chi connectivity index (χ1) is 20.7. The van der Waals surface area contributed by atoms with E-state index in [0.717, 1.165) is 117 Å². The third-order valence-corrected chi connectivity index (χ3v) is 9.45. The van der Waals surface area contributed by atoms with Crippen molar-refractivity contribution in [2.24, 2.45) is 5.92 Å². The van der Waals surface area contributed by atoms with E-state index in [2.05, 4.69) is 12.1 Å². The molecule has 2 heterocycles. The first-order valence-electron chi connectivity index (χ1n) is 15.6. The SMILES string of the molecule is Cc1ccc(C(F)(F)F)cc1C(CCCC1CCOCC1)c1ccc2c(OCCC=C3CCOCC3)ccc(Cl)c2c1C. The highest BCUT2D eigenvalue weighted by Crippen LogP contribution is 2.42. The smallest absolute Gasteiger partial charge is 0.416 e. The van der Waals surface area contributed by atoms with Crippen LogP contribution in [0.25, 0.3) is 10.8 Å². The van der Waals surface area contributed by atoms with E-state index in [1.165, 1.54) is 17.7 Å². The van der Waals surface area contributed by atoms with Crippen LogP contribution in [0.4, 0.5) is 13.2 Å². The molecule has 0 amide bonds. The molecule has 2 aliphatic rings. The van der Waals surface area contributed by atoms with Gasteiger partial charge in [-0.05, 0) is 105 Å². The summed E-state index contributed by atoms with van der Waals surface area (Å²) in [5.41, 5.74) is 4.42. The Kier molecular flexibility index (Phi) is 10.7. The van der Waals surface area contributed by atoms with Gasteiger partial charge < -0.3 is 14.2 Å². The lowest BCUT2D eigenvalue weighted by molar-refractivity contribution is -0.137. The number of rotatable bonds is 10. The molecule has 7 heteroatoms. The highest BCUT2D eigenvalue weighted by Gasteiger charge is 2.32. The van der Waals surface area contributed by atoms with Crippen LogP contribution in [0.15, 0.2) is 54.1 Å². The fourth-order valence-electron chi connectivity index (χ4n) is 6.65. The van der Waals surface area contributed by atoms with E-state index in [1.54, 1.807) is 6.07 Å². The molecule has 3 aromatic rings. The lowest BCUT2D eigenvalue weighted by Crippen LogP contribution is -2.16. The molecule has 1 unspecified atom stereocenters. The van der Waals surface area contributed by atoms with Crippen LogP contribution in [0.1, 0.15) is 85.1 Å². The van der Waals surface area contributed by atoms with E-state index in [1.807, 2.05) is 32.0 Å². The van der Waals surface area contributed by atoms with Crippen molar-refractivity contribution < 1.29 is 27.4 Å². The number of hydrogen-bond acceptors (Lipinski definition) is 3. The van der Waals surface area contributed by atoms with Gasteiger partial charge in [0.15, 0.2) is 0 Å².